The lowest BCUT2D eigenvalue weighted by Crippen LogP contribution is -2.41. The van der Waals surface area contributed by atoms with Gasteiger partial charge in [-0.3, -0.25) is 4.79 Å². The molecule has 1 atom stereocenters. The summed E-state index contributed by atoms with van der Waals surface area (Å²) >= 11 is 0. The Morgan fingerprint density at radius 2 is 1.84 bits per heavy atom. The number of carbonyl (C=O) groups excluding carboxylic acids is 1. The summed E-state index contributed by atoms with van der Waals surface area (Å²) in [4.78, 5) is 12.8. The van der Waals surface area contributed by atoms with E-state index in [9.17, 15) is 4.79 Å². The predicted molar refractivity (Wildman–Crippen MR) is 122 cm³/mol. The number of carbonyl (C=O) groups is 1. The second-order valence-electron chi connectivity index (χ2n) is 10.7. The van der Waals surface area contributed by atoms with Gasteiger partial charge in [-0.05, 0) is 57.3 Å². The van der Waals surface area contributed by atoms with E-state index < -0.39 is 18.3 Å². The average Bonchev–Trinajstić information content (AvgIpc) is 3.21. The lowest BCUT2D eigenvalue weighted by atomic mass is 9.77. The predicted octanol–water partition coefficient (Wildman–Crippen LogP) is 2.63. The van der Waals surface area contributed by atoms with Crippen LogP contribution in [0.3, 0.4) is 0 Å². The number of fused-ring (bicyclic) bond motifs is 1. The van der Waals surface area contributed by atoms with Crippen molar-refractivity contribution >= 4 is 18.5 Å². The van der Waals surface area contributed by atoms with E-state index in [0.29, 0.717) is 12.4 Å². The monoisotopic (exact) mass is 440 g/mol. The molecule has 0 radical (unpaired) electrons. The van der Waals surface area contributed by atoms with E-state index in [1.165, 1.54) is 0 Å². The summed E-state index contributed by atoms with van der Waals surface area (Å²) in [6, 6.07) is 6.03. The van der Waals surface area contributed by atoms with E-state index in [-0.39, 0.29) is 23.3 Å². The van der Waals surface area contributed by atoms with Crippen LogP contribution in [0.15, 0.2) is 22.6 Å². The number of hydrogen-bond donors (Lipinski definition) is 2. The first-order valence-electron chi connectivity index (χ1n) is 11.2. The fraction of sp³-hybridized carbons (Fsp3) is 0.609. The van der Waals surface area contributed by atoms with Crippen molar-refractivity contribution in [2.75, 3.05) is 6.54 Å². The van der Waals surface area contributed by atoms with Crippen molar-refractivity contribution < 1.29 is 18.5 Å². The van der Waals surface area contributed by atoms with Crippen LogP contribution in [0.2, 0.25) is 0 Å². The molecule has 0 saturated carbocycles. The van der Waals surface area contributed by atoms with Crippen LogP contribution >= 0.6 is 0 Å². The van der Waals surface area contributed by atoms with Gasteiger partial charge in [0.25, 0.3) is 0 Å². The third-order valence-electron chi connectivity index (χ3n) is 6.56. The Hall–Kier alpha value is -2.23. The summed E-state index contributed by atoms with van der Waals surface area (Å²) in [5.41, 5.74) is 2.06. The molecule has 32 heavy (non-hydrogen) atoms. The highest BCUT2D eigenvalue weighted by Crippen LogP contribution is 2.36. The molecule has 2 aliphatic rings. The van der Waals surface area contributed by atoms with Gasteiger partial charge >= 0.3 is 18.9 Å². The molecule has 1 unspecified atom stereocenters. The summed E-state index contributed by atoms with van der Waals surface area (Å²) < 4.78 is 18.0. The summed E-state index contributed by atoms with van der Waals surface area (Å²) in [5.74, 6) is 0.0704. The summed E-state index contributed by atoms with van der Waals surface area (Å²) in [6.07, 6.45) is 0.759. The minimum absolute atomic E-state index is 0.0116. The summed E-state index contributed by atoms with van der Waals surface area (Å²) in [5, 5.41) is 14.5. The fourth-order valence-electron chi connectivity index (χ4n) is 3.86. The molecule has 2 aromatic rings. The Balaban J connectivity index is 1.55. The Kier molecular flexibility index (Phi) is 5.72. The number of benzene rings is 1. The van der Waals surface area contributed by atoms with E-state index in [1.807, 2.05) is 54.5 Å². The third kappa shape index (κ3) is 4.33. The molecule has 1 aromatic heterocycles. The molecule has 9 heteroatoms. The van der Waals surface area contributed by atoms with Gasteiger partial charge in [0.15, 0.2) is 0 Å². The second-order valence-corrected chi connectivity index (χ2v) is 10.7. The zero-order valence-electron chi connectivity index (χ0n) is 20.0. The van der Waals surface area contributed by atoms with Crippen molar-refractivity contribution in [2.45, 2.75) is 84.1 Å². The Bertz CT molecular complexity index is 996. The molecular weight excluding hydrogens is 407 g/mol. The minimum atomic E-state index is -0.421. The zero-order valence-corrected chi connectivity index (χ0v) is 20.0. The Labute approximate surface area is 190 Å². The third-order valence-corrected chi connectivity index (χ3v) is 6.56. The maximum absolute atomic E-state index is 12.8. The first kappa shape index (κ1) is 23.0. The SMILES string of the molecule is CC(C)(C)c1nnc(C(=O)NC2CCNCc3cc(B4OC(C)(C)C(C)(C)O4)ccc32)o1. The lowest BCUT2D eigenvalue weighted by Gasteiger charge is -2.32. The van der Waals surface area contributed by atoms with Crippen molar-refractivity contribution in [1.29, 1.82) is 0 Å². The van der Waals surface area contributed by atoms with Crippen molar-refractivity contribution in [3.8, 4) is 0 Å². The first-order chi connectivity index (χ1) is 14.9. The molecule has 2 aliphatic heterocycles. The number of amides is 1. The van der Waals surface area contributed by atoms with Crippen molar-refractivity contribution in [3.05, 3.63) is 41.1 Å². The molecule has 8 nitrogen and oxygen atoms in total. The lowest BCUT2D eigenvalue weighted by molar-refractivity contribution is 0.00578. The normalized spacial score (nSPS) is 22.3. The van der Waals surface area contributed by atoms with Gasteiger partial charge in [0, 0.05) is 12.0 Å². The smallest absolute Gasteiger partial charge is 0.416 e. The average molecular weight is 440 g/mol. The van der Waals surface area contributed by atoms with Gasteiger partial charge in [-0.2, -0.15) is 0 Å². The number of aromatic nitrogens is 2. The van der Waals surface area contributed by atoms with Gasteiger partial charge in [0.2, 0.25) is 5.89 Å². The van der Waals surface area contributed by atoms with Gasteiger partial charge < -0.3 is 24.4 Å². The van der Waals surface area contributed by atoms with Gasteiger partial charge in [-0.15, -0.1) is 10.2 Å². The number of rotatable bonds is 3. The molecule has 1 saturated heterocycles. The van der Waals surface area contributed by atoms with E-state index >= 15 is 0 Å². The van der Waals surface area contributed by atoms with Crippen molar-refractivity contribution in [3.63, 3.8) is 0 Å². The molecule has 1 aromatic carbocycles. The highest BCUT2D eigenvalue weighted by Gasteiger charge is 2.51. The maximum Gasteiger partial charge on any atom is 0.494 e. The van der Waals surface area contributed by atoms with Crippen LogP contribution < -0.4 is 16.1 Å². The fourth-order valence-corrected chi connectivity index (χ4v) is 3.86. The van der Waals surface area contributed by atoms with Crippen LogP contribution in [0, 0.1) is 0 Å². The van der Waals surface area contributed by atoms with E-state index in [2.05, 4.69) is 33.0 Å². The number of nitrogens with one attached hydrogen (secondary N) is 2. The van der Waals surface area contributed by atoms with E-state index in [4.69, 9.17) is 13.7 Å². The standard InChI is InChI=1S/C23H33BN4O4/c1-21(2,3)20-28-27-19(30-20)18(29)26-17-10-11-25-13-14-12-15(8-9-16(14)17)24-31-22(4,5)23(6,7)32-24/h8-9,12,17,25H,10-11,13H2,1-7H3,(H,26,29). The summed E-state index contributed by atoms with van der Waals surface area (Å²) in [7, 11) is -0.421. The molecule has 172 valence electrons. The van der Waals surface area contributed by atoms with Crippen LogP contribution in [-0.4, -0.2) is 41.0 Å². The molecule has 3 heterocycles. The quantitative estimate of drug-likeness (QED) is 0.708. The van der Waals surface area contributed by atoms with E-state index in [0.717, 1.165) is 29.6 Å². The topological polar surface area (TPSA) is 98.5 Å². The maximum atomic E-state index is 12.8. The molecule has 4 rings (SSSR count). The van der Waals surface area contributed by atoms with Crippen molar-refractivity contribution in [2.24, 2.45) is 0 Å². The number of nitrogens with zero attached hydrogens (tertiary/aromatic N) is 2. The van der Waals surface area contributed by atoms with Crippen LogP contribution in [0.4, 0.5) is 0 Å². The first-order valence-corrected chi connectivity index (χ1v) is 11.2. The van der Waals surface area contributed by atoms with E-state index in [1.54, 1.807) is 0 Å². The Morgan fingerprint density at radius 3 is 2.47 bits per heavy atom. The highest BCUT2D eigenvalue weighted by molar-refractivity contribution is 6.62. The molecule has 0 spiro atoms. The van der Waals surface area contributed by atoms with Crippen molar-refractivity contribution in [1.82, 2.24) is 20.8 Å². The van der Waals surface area contributed by atoms with Crippen LogP contribution in [0.25, 0.3) is 0 Å². The molecule has 0 bridgehead atoms. The molecule has 1 amide bonds. The van der Waals surface area contributed by atoms with Crippen LogP contribution in [0.5, 0.6) is 0 Å². The largest absolute Gasteiger partial charge is 0.494 e. The van der Waals surface area contributed by atoms with Crippen LogP contribution in [0.1, 0.15) is 88.6 Å². The second kappa shape index (κ2) is 7.97. The molecular formula is C23H33BN4O4. The number of hydrogen-bond acceptors (Lipinski definition) is 7. The van der Waals surface area contributed by atoms with Gasteiger partial charge in [0.1, 0.15) is 0 Å². The molecule has 2 N–H and O–H groups in total. The van der Waals surface area contributed by atoms with Gasteiger partial charge in [0.05, 0.1) is 17.2 Å². The zero-order chi connectivity index (χ0) is 23.3. The Morgan fingerprint density at radius 1 is 1.16 bits per heavy atom. The molecule has 0 aliphatic carbocycles. The highest BCUT2D eigenvalue weighted by atomic mass is 16.7. The molecule has 1 fully saturated rings. The van der Waals surface area contributed by atoms with Gasteiger partial charge in [-0.1, -0.05) is 39.0 Å². The summed E-state index contributed by atoms with van der Waals surface area (Å²) in [6.45, 7) is 15.6. The van der Waals surface area contributed by atoms with Crippen LogP contribution in [-0.2, 0) is 21.3 Å². The minimum Gasteiger partial charge on any atom is -0.416 e. The van der Waals surface area contributed by atoms with Gasteiger partial charge in [-0.25, -0.2) is 0 Å².